The molecule has 1 aliphatic heterocycles. The molecule has 2 heterocycles. The third kappa shape index (κ3) is 8.34. The van der Waals surface area contributed by atoms with Gasteiger partial charge in [-0.2, -0.15) is 4.72 Å². The van der Waals surface area contributed by atoms with Crippen LogP contribution in [0.2, 0.25) is 0 Å². The second-order valence-electron chi connectivity index (χ2n) is 8.32. The van der Waals surface area contributed by atoms with Crippen molar-refractivity contribution >= 4 is 29.0 Å². The molecule has 0 saturated carbocycles. The highest BCUT2D eigenvalue weighted by molar-refractivity contribution is 7.89. The van der Waals surface area contributed by atoms with Crippen LogP contribution in [0.25, 0.3) is 0 Å². The predicted octanol–water partition coefficient (Wildman–Crippen LogP) is -1.11. The maximum Gasteiger partial charge on any atom is 0.475 e. The number of morpholine rings is 1. The number of amides is 2. The highest BCUT2D eigenvalue weighted by Gasteiger charge is 2.34. The van der Waals surface area contributed by atoms with Crippen molar-refractivity contribution in [3.63, 3.8) is 0 Å². The molecule has 3 rings (SSSR count). The van der Waals surface area contributed by atoms with Gasteiger partial charge in [0.25, 0.3) is 10.0 Å². The number of ether oxygens (including phenoxy) is 1. The first-order valence-electron chi connectivity index (χ1n) is 11.6. The highest BCUT2D eigenvalue weighted by Crippen LogP contribution is 2.11. The van der Waals surface area contributed by atoms with Gasteiger partial charge in [0.1, 0.15) is 6.04 Å². The number of rotatable bonds is 12. The summed E-state index contributed by atoms with van der Waals surface area (Å²) in [4.78, 5) is 34.9. The largest absolute Gasteiger partial charge is 0.475 e. The Morgan fingerprint density at radius 3 is 2.50 bits per heavy atom. The minimum absolute atomic E-state index is 0.222. The second kappa shape index (κ2) is 13.4. The van der Waals surface area contributed by atoms with Crippen LogP contribution >= 0.6 is 0 Å². The van der Waals surface area contributed by atoms with E-state index in [0.717, 1.165) is 11.8 Å². The van der Waals surface area contributed by atoms with E-state index in [0.29, 0.717) is 39.1 Å². The van der Waals surface area contributed by atoms with Crippen molar-refractivity contribution in [2.75, 3.05) is 26.3 Å². The van der Waals surface area contributed by atoms with Crippen molar-refractivity contribution in [2.24, 2.45) is 0 Å². The van der Waals surface area contributed by atoms with Crippen LogP contribution < -0.4 is 10.0 Å². The molecule has 0 aliphatic carbocycles. The van der Waals surface area contributed by atoms with Crippen LogP contribution in [0.4, 0.5) is 0 Å². The lowest BCUT2D eigenvalue weighted by Crippen LogP contribution is -2.55. The van der Waals surface area contributed by atoms with Crippen LogP contribution in [0.1, 0.15) is 24.8 Å². The fourth-order valence-corrected chi connectivity index (χ4v) is 4.81. The molecule has 0 bridgehead atoms. The van der Waals surface area contributed by atoms with Gasteiger partial charge >= 0.3 is 7.12 Å². The number of hydrogen-bond acceptors (Lipinski definition) is 9. The number of hydrogen-bond donors (Lipinski definition) is 4. The first kappa shape index (κ1) is 27.7. The average molecular weight is 519 g/mol. The van der Waals surface area contributed by atoms with E-state index in [4.69, 9.17) is 4.74 Å². The van der Waals surface area contributed by atoms with Gasteiger partial charge in [0.15, 0.2) is 5.03 Å². The highest BCUT2D eigenvalue weighted by atomic mass is 32.2. The summed E-state index contributed by atoms with van der Waals surface area (Å²) in [6, 6.07) is 8.06. The van der Waals surface area contributed by atoms with Gasteiger partial charge in [-0.05, 0) is 24.8 Å². The van der Waals surface area contributed by atoms with Gasteiger partial charge in [-0.3, -0.25) is 14.6 Å². The molecule has 2 atom stereocenters. The predicted molar refractivity (Wildman–Crippen MR) is 130 cm³/mol. The molecule has 0 spiro atoms. The molecule has 2 aromatic rings. The number of benzene rings is 1. The van der Waals surface area contributed by atoms with Crippen molar-refractivity contribution in [3.8, 4) is 0 Å². The summed E-state index contributed by atoms with van der Waals surface area (Å²) in [5.74, 6) is -2.37. The zero-order chi connectivity index (χ0) is 26.0. The Morgan fingerprint density at radius 1 is 1.14 bits per heavy atom. The van der Waals surface area contributed by atoms with Crippen molar-refractivity contribution < 1.29 is 32.8 Å². The summed E-state index contributed by atoms with van der Waals surface area (Å²) < 4.78 is 33.1. The van der Waals surface area contributed by atoms with Crippen LogP contribution in [0.5, 0.6) is 0 Å². The Balaban J connectivity index is 1.70. The lowest BCUT2D eigenvalue weighted by molar-refractivity contribution is -0.138. The summed E-state index contributed by atoms with van der Waals surface area (Å²) in [6.07, 6.45) is 4.45. The lowest BCUT2D eigenvalue weighted by atomic mass is 9.76. The molecule has 1 aliphatic rings. The number of aromatic nitrogens is 2. The van der Waals surface area contributed by atoms with Gasteiger partial charge in [-0.1, -0.05) is 30.3 Å². The maximum atomic E-state index is 13.1. The number of nitrogens with one attached hydrogen (secondary N) is 2. The first-order valence-corrected chi connectivity index (χ1v) is 13.1. The molecule has 2 amide bonds. The Hall–Kier alpha value is -2.91. The van der Waals surface area contributed by atoms with Gasteiger partial charge in [0.2, 0.25) is 11.8 Å². The minimum Gasteiger partial charge on any atom is -0.426 e. The van der Waals surface area contributed by atoms with Crippen molar-refractivity contribution in [2.45, 2.75) is 42.7 Å². The molecule has 1 saturated heterocycles. The molecule has 194 valence electrons. The number of sulfonamides is 1. The second-order valence-corrected chi connectivity index (χ2v) is 9.98. The first-order chi connectivity index (χ1) is 17.3. The average Bonchev–Trinajstić information content (AvgIpc) is 2.89. The molecule has 4 N–H and O–H groups in total. The Bertz CT molecular complexity index is 1090. The van der Waals surface area contributed by atoms with Crippen LogP contribution in [-0.2, 0) is 30.8 Å². The third-order valence-corrected chi connectivity index (χ3v) is 7.04. The van der Waals surface area contributed by atoms with Gasteiger partial charge < -0.3 is 25.0 Å². The third-order valence-electron chi connectivity index (χ3n) is 5.68. The SMILES string of the molecule is O=C(N[C@@H](CCCc1ccccc1)B(O)O)[C@@H](CC(=O)N1CCOCC1)NS(=O)(=O)c1cnccn1. The number of nitrogens with zero attached hydrogens (tertiary/aromatic N) is 3. The van der Waals surface area contributed by atoms with Crippen molar-refractivity contribution in [1.29, 1.82) is 0 Å². The zero-order valence-electron chi connectivity index (χ0n) is 19.7. The van der Waals surface area contributed by atoms with E-state index in [2.05, 4.69) is 20.0 Å². The summed E-state index contributed by atoms with van der Waals surface area (Å²) >= 11 is 0. The quantitative estimate of drug-likeness (QED) is 0.254. The number of carbonyl (C=O) groups is 2. The summed E-state index contributed by atoms with van der Waals surface area (Å²) in [5.41, 5.74) is 1.06. The zero-order valence-corrected chi connectivity index (χ0v) is 20.5. The standard InChI is InChI=1S/C22H30BN5O7S/c29-21(28-11-13-35-14-12-28)15-18(27-36(33,34)20-16-24-9-10-25-20)22(30)26-19(23(31)32)8-4-7-17-5-2-1-3-6-17/h1-3,5-6,9-10,16,18-19,27,31-32H,4,7-8,11-15H2,(H,26,30)/t18-,19+/m1/s1. The van der Waals surface area contributed by atoms with Crippen LogP contribution in [-0.4, -0.2) is 90.6 Å². The van der Waals surface area contributed by atoms with E-state index >= 15 is 0 Å². The summed E-state index contributed by atoms with van der Waals surface area (Å²) in [5, 5.41) is 21.7. The van der Waals surface area contributed by atoms with Gasteiger partial charge in [0, 0.05) is 25.5 Å². The molecular formula is C22H30BN5O7S. The molecule has 1 aromatic heterocycles. The Kier molecular flexibility index (Phi) is 10.3. The van der Waals surface area contributed by atoms with Crippen molar-refractivity contribution in [1.82, 2.24) is 24.9 Å². The fraction of sp³-hybridized carbons (Fsp3) is 0.455. The topological polar surface area (TPSA) is 171 Å². The molecule has 36 heavy (non-hydrogen) atoms. The molecule has 1 aromatic carbocycles. The molecule has 14 heteroatoms. The normalized spacial score (nSPS) is 15.7. The number of aryl methyl sites for hydroxylation is 1. The monoisotopic (exact) mass is 519 g/mol. The molecular weight excluding hydrogens is 489 g/mol. The fourth-order valence-electron chi connectivity index (χ4n) is 3.73. The van der Waals surface area contributed by atoms with Crippen LogP contribution in [0.15, 0.2) is 53.9 Å². The number of carbonyl (C=O) groups excluding carboxylic acids is 2. The van der Waals surface area contributed by atoms with E-state index in [-0.39, 0.29) is 6.42 Å². The molecule has 1 fully saturated rings. The summed E-state index contributed by atoms with van der Waals surface area (Å²) in [7, 11) is -6.17. The van der Waals surface area contributed by atoms with E-state index < -0.39 is 52.4 Å². The maximum absolute atomic E-state index is 13.1. The van der Waals surface area contributed by atoms with Crippen LogP contribution in [0, 0.1) is 0 Å². The molecule has 0 unspecified atom stereocenters. The van der Waals surface area contributed by atoms with E-state index in [1.165, 1.54) is 17.3 Å². The molecule has 0 radical (unpaired) electrons. The van der Waals surface area contributed by atoms with E-state index in [9.17, 15) is 28.1 Å². The van der Waals surface area contributed by atoms with Crippen molar-refractivity contribution in [3.05, 3.63) is 54.5 Å². The van der Waals surface area contributed by atoms with E-state index in [1.807, 2.05) is 30.3 Å². The van der Waals surface area contributed by atoms with Gasteiger partial charge in [-0.25, -0.2) is 13.4 Å². The van der Waals surface area contributed by atoms with Gasteiger partial charge in [0.05, 0.1) is 31.8 Å². The van der Waals surface area contributed by atoms with E-state index in [1.54, 1.807) is 0 Å². The smallest absolute Gasteiger partial charge is 0.426 e. The molecule has 12 nitrogen and oxygen atoms in total. The Morgan fingerprint density at radius 2 is 1.86 bits per heavy atom. The Labute approximate surface area is 210 Å². The summed E-state index contributed by atoms with van der Waals surface area (Å²) in [6.45, 7) is 1.32. The lowest BCUT2D eigenvalue weighted by Gasteiger charge is -2.29. The minimum atomic E-state index is -4.29. The van der Waals surface area contributed by atoms with Crippen LogP contribution in [0.3, 0.4) is 0 Å². The van der Waals surface area contributed by atoms with Gasteiger partial charge in [-0.15, -0.1) is 0 Å².